The summed E-state index contributed by atoms with van der Waals surface area (Å²) in [7, 11) is 0. The second kappa shape index (κ2) is 8.43. The van der Waals surface area contributed by atoms with E-state index >= 15 is 0 Å². The van der Waals surface area contributed by atoms with Crippen LogP contribution in [0.3, 0.4) is 0 Å². The average molecular weight is 392 g/mol. The van der Waals surface area contributed by atoms with E-state index in [2.05, 4.69) is 10.6 Å². The van der Waals surface area contributed by atoms with E-state index in [9.17, 15) is 22.8 Å². The lowest BCUT2D eigenvalue weighted by Crippen LogP contribution is -2.26. The van der Waals surface area contributed by atoms with Crippen molar-refractivity contribution in [1.82, 2.24) is 0 Å². The number of benzene rings is 2. The molecule has 2 aromatic rings. The molecule has 0 aliphatic carbocycles. The Morgan fingerprint density at radius 3 is 2.32 bits per heavy atom. The first kappa shape index (κ1) is 19.9. The molecule has 0 spiro atoms. The Bertz CT molecular complexity index is 845. The highest BCUT2D eigenvalue weighted by atomic mass is 19.4. The molecule has 2 N–H and O–H groups in total. The third-order valence-corrected chi connectivity index (χ3v) is 4.28. The Labute approximate surface area is 159 Å². The van der Waals surface area contributed by atoms with E-state index in [-0.39, 0.29) is 17.9 Å². The first-order chi connectivity index (χ1) is 13.3. The van der Waals surface area contributed by atoms with Crippen molar-refractivity contribution in [3.8, 4) is 0 Å². The quantitative estimate of drug-likeness (QED) is 0.808. The number of anilines is 2. The lowest BCUT2D eigenvalue weighted by molar-refractivity contribution is -0.137. The lowest BCUT2D eigenvalue weighted by Gasteiger charge is -2.11. The van der Waals surface area contributed by atoms with Gasteiger partial charge in [0.15, 0.2) is 0 Å². The zero-order valence-electron chi connectivity index (χ0n) is 14.9. The minimum Gasteiger partial charge on any atom is -0.368 e. The summed E-state index contributed by atoms with van der Waals surface area (Å²) in [6.45, 7) is 0.578. The number of halogens is 3. The molecule has 1 heterocycles. The van der Waals surface area contributed by atoms with Crippen LogP contribution in [0.4, 0.5) is 24.5 Å². The summed E-state index contributed by atoms with van der Waals surface area (Å²) in [6, 6.07) is 11.1. The molecular weight excluding hydrogens is 373 g/mol. The molecule has 1 saturated heterocycles. The van der Waals surface area contributed by atoms with Gasteiger partial charge in [-0.3, -0.25) is 9.59 Å². The first-order valence-corrected chi connectivity index (χ1v) is 8.80. The van der Waals surface area contributed by atoms with Gasteiger partial charge in [-0.1, -0.05) is 18.2 Å². The largest absolute Gasteiger partial charge is 0.416 e. The predicted octanol–water partition coefficient (Wildman–Crippen LogP) is 4.00. The maximum atomic E-state index is 12.7. The van der Waals surface area contributed by atoms with E-state index in [1.54, 1.807) is 24.3 Å². The molecule has 0 radical (unpaired) electrons. The molecule has 2 aromatic carbocycles. The van der Waals surface area contributed by atoms with Gasteiger partial charge in [0.25, 0.3) is 5.91 Å². The van der Waals surface area contributed by atoms with Crippen LogP contribution in [0, 0.1) is 0 Å². The summed E-state index contributed by atoms with van der Waals surface area (Å²) in [5.41, 5.74) is 0.528. The van der Waals surface area contributed by atoms with Gasteiger partial charge in [0.1, 0.15) is 6.10 Å². The standard InChI is InChI=1S/C20H19F3N2O3/c21-20(22,23)14-4-1-3-13(11-14)12-18(26)24-15-6-8-16(9-7-15)25-19(27)17-5-2-10-28-17/h1,3-4,6-9,11,17H,2,5,10,12H2,(H,24,26)(H,25,27). The normalized spacial score (nSPS) is 16.6. The molecule has 1 aliphatic rings. The number of nitrogens with one attached hydrogen (secondary N) is 2. The van der Waals surface area contributed by atoms with Crippen molar-refractivity contribution >= 4 is 23.2 Å². The van der Waals surface area contributed by atoms with E-state index in [4.69, 9.17) is 4.74 Å². The Kier molecular flexibility index (Phi) is 5.99. The van der Waals surface area contributed by atoms with Crippen LogP contribution in [0.2, 0.25) is 0 Å². The highest BCUT2D eigenvalue weighted by Gasteiger charge is 2.30. The van der Waals surface area contributed by atoms with Crippen molar-refractivity contribution in [1.29, 1.82) is 0 Å². The van der Waals surface area contributed by atoms with Gasteiger partial charge < -0.3 is 15.4 Å². The van der Waals surface area contributed by atoms with Crippen LogP contribution < -0.4 is 10.6 Å². The van der Waals surface area contributed by atoms with Crippen LogP contribution in [0.5, 0.6) is 0 Å². The van der Waals surface area contributed by atoms with Crippen molar-refractivity contribution < 1.29 is 27.5 Å². The SMILES string of the molecule is O=C(Cc1cccc(C(F)(F)F)c1)Nc1ccc(NC(=O)C2CCCO2)cc1. The van der Waals surface area contributed by atoms with Gasteiger partial charge in [-0.2, -0.15) is 13.2 Å². The minimum atomic E-state index is -4.45. The first-order valence-electron chi connectivity index (χ1n) is 8.80. The maximum Gasteiger partial charge on any atom is 0.416 e. The molecule has 2 amide bonds. The fraction of sp³-hybridized carbons (Fsp3) is 0.300. The number of ether oxygens (including phenoxy) is 1. The molecule has 8 heteroatoms. The Balaban J connectivity index is 1.55. The van der Waals surface area contributed by atoms with Crippen LogP contribution in [0.1, 0.15) is 24.0 Å². The molecule has 148 valence electrons. The van der Waals surface area contributed by atoms with Crippen LogP contribution in [0.25, 0.3) is 0 Å². The number of carbonyl (C=O) groups is 2. The molecule has 0 aromatic heterocycles. The summed E-state index contributed by atoms with van der Waals surface area (Å²) < 4.78 is 43.5. The Morgan fingerprint density at radius 2 is 1.71 bits per heavy atom. The molecule has 1 unspecified atom stereocenters. The van der Waals surface area contributed by atoms with E-state index in [0.29, 0.717) is 24.4 Å². The van der Waals surface area contributed by atoms with Gasteiger partial charge in [0, 0.05) is 18.0 Å². The predicted molar refractivity (Wildman–Crippen MR) is 97.8 cm³/mol. The van der Waals surface area contributed by atoms with Gasteiger partial charge in [-0.15, -0.1) is 0 Å². The van der Waals surface area contributed by atoms with Crippen LogP contribution in [0.15, 0.2) is 48.5 Å². The highest BCUT2D eigenvalue weighted by Crippen LogP contribution is 2.29. The fourth-order valence-corrected chi connectivity index (χ4v) is 2.89. The van der Waals surface area contributed by atoms with Gasteiger partial charge >= 0.3 is 6.18 Å². The molecule has 0 bridgehead atoms. The molecule has 1 fully saturated rings. The summed E-state index contributed by atoms with van der Waals surface area (Å²) >= 11 is 0. The van der Waals surface area contributed by atoms with Gasteiger partial charge in [-0.25, -0.2) is 0 Å². The third kappa shape index (κ3) is 5.32. The summed E-state index contributed by atoms with van der Waals surface area (Å²) in [6.07, 6.45) is -3.52. The summed E-state index contributed by atoms with van der Waals surface area (Å²) in [4.78, 5) is 24.1. The van der Waals surface area contributed by atoms with E-state index in [0.717, 1.165) is 18.6 Å². The minimum absolute atomic E-state index is 0.179. The smallest absolute Gasteiger partial charge is 0.368 e. The number of carbonyl (C=O) groups excluding carboxylic acids is 2. The van der Waals surface area contributed by atoms with Gasteiger partial charge in [-0.05, 0) is 48.7 Å². The fourth-order valence-electron chi connectivity index (χ4n) is 2.89. The van der Waals surface area contributed by atoms with Gasteiger partial charge in [0.2, 0.25) is 5.91 Å². The van der Waals surface area contributed by atoms with E-state index in [1.165, 1.54) is 12.1 Å². The maximum absolute atomic E-state index is 12.7. The van der Waals surface area contributed by atoms with Crippen molar-refractivity contribution in [3.05, 3.63) is 59.7 Å². The zero-order chi connectivity index (χ0) is 20.1. The molecular formula is C20H19F3N2O3. The van der Waals surface area contributed by atoms with Crippen LogP contribution in [-0.2, 0) is 26.9 Å². The Hall–Kier alpha value is -2.87. The second-order valence-electron chi connectivity index (χ2n) is 6.49. The summed E-state index contributed by atoms with van der Waals surface area (Å²) in [5, 5.41) is 5.37. The highest BCUT2D eigenvalue weighted by molar-refractivity contribution is 5.95. The van der Waals surface area contributed by atoms with Gasteiger partial charge in [0.05, 0.1) is 12.0 Å². The topological polar surface area (TPSA) is 67.4 Å². The molecule has 5 nitrogen and oxygen atoms in total. The molecule has 0 saturated carbocycles. The average Bonchev–Trinajstić information content (AvgIpc) is 3.18. The Morgan fingerprint density at radius 1 is 1.04 bits per heavy atom. The monoisotopic (exact) mass is 392 g/mol. The number of amides is 2. The molecule has 28 heavy (non-hydrogen) atoms. The summed E-state index contributed by atoms with van der Waals surface area (Å²) in [5.74, 6) is -0.644. The molecule has 1 aliphatic heterocycles. The van der Waals surface area contributed by atoms with E-state index < -0.39 is 23.8 Å². The van der Waals surface area contributed by atoms with Crippen molar-refractivity contribution in [2.45, 2.75) is 31.5 Å². The zero-order valence-corrected chi connectivity index (χ0v) is 14.9. The number of alkyl halides is 3. The third-order valence-electron chi connectivity index (χ3n) is 4.28. The van der Waals surface area contributed by atoms with Crippen LogP contribution >= 0.6 is 0 Å². The van der Waals surface area contributed by atoms with Crippen molar-refractivity contribution in [3.63, 3.8) is 0 Å². The van der Waals surface area contributed by atoms with Crippen molar-refractivity contribution in [2.75, 3.05) is 17.2 Å². The van der Waals surface area contributed by atoms with Crippen LogP contribution in [-0.4, -0.2) is 24.5 Å². The number of hydrogen-bond acceptors (Lipinski definition) is 3. The molecule has 3 rings (SSSR count). The number of hydrogen-bond donors (Lipinski definition) is 2. The second-order valence-corrected chi connectivity index (χ2v) is 6.49. The lowest BCUT2D eigenvalue weighted by atomic mass is 10.1. The van der Waals surface area contributed by atoms with Crippen molar-refractivity contribution in [2.24, 2.45) is 0 Å². The van der Waals surface area contributed by atoms with E-state index in [1.807, 2.05) is 0 Å². The number of rotatable bonds is 5. The molecule has 1 atom stereocenters.